The van der Waals surface area contributed by atoms with Gasteiger partial charge in [-0.15, -0.1) is 48.6 Å². The van der Waals surface area contributed by atoms with E-state index in [1.807, 2.05) is 0 Å². The summed E-state index contributed by atoms with van der Waals surface area (Å²) in [6.45, 7) is 4.14. The average molecular weight is 539 g/mol. The van der Waals surface area contributed by atoms with Crippen molar-refractivity contribution in [2.45, 2.75) is 20.5 Å². The number of rotatable bonds is 7. The van der Waals surface area contributed by atoms with Crippen molar-refractivity contribution in [3.63, 3.8) is 0 Å². The van der Waals surface area contributed by atoms with Crippen LogP contribution in [-0.4, -0.2) is 60.2 Å². The lowest BCUT2D eigenvalue weighted by Gasteiger charge is -2.26. The molecule has 3 N–H and O–H groups in total. The van der Waals surface area contributed by atoms with E-state index in [4.69, 9.17) is 5.73 Å². The van der Waals surface area contributed by atoms with Crippen molar-refractivity contribution in [2.75, 3.05) is 38.5 Å². The van der Waals surface area contributed by atoms with Gasteiger partial charge in [-0.05, 0) is 36.4 Å². The van der Waals surface area contributed by atoms with Crippen LogP contribution in [0.1, 0.15) is 4.88 Å². The summed E-state index contributed by atoms with van der Waals surface area (Å²) in [5.74, 6) is 0.0177. The van der Waals surface area contributed by atoms with Crippen LogP contribution in [-0.2, 0) is 26.2 Å². The number of nitrogens with one attached hydrogen (secondary N) is 1. The number of hydrogen-bond donors (Lipinski definition) is 2. The zero-order chi connectivity index (χ0) is 19.5. The molecule has 13 heteroatoms. The molecular weight excluding hydrogens is 513 g/mol. The van der Waals surface area contributed by atoms with E-state index in [0.717, 1.165) is 42.4 Å². The number of halogens is 3. The Labute approximate surface area is 200 Å². The number of piperazine rings is 1. The Morgan fingerprint density at radius 1 is 0.900 bits per heavy atom. The maximum atomic E-state index is 12.7. The van der Waals surface area contributed by atoms with Gasteiger partial charge in [0.25, 0.3) is 0 Å². The first-order valence-corrected chi connectivity index (χ1v) is 12.6. The lowest BCUT2D eigenvalue weighted by atomic mass is 10.4. The minimum atomic E-state index is -3.67. The second kappa shape index (κ2) is 12.6. The summed E-state index contributed by atoms with van der Waals surface area (Å²) >= 11 is 1.13. The van der Waals surface area contributed by atoms with Gasteiger partial charge >= 0.3 is 0 Å². The molecule has 3 rings (SSSR count). The third kappa shape index (κ3) is 7.04. The molecule has 1 fully saturated rings. The average Bonchev–Trinajstić information content (AvgIpc) is 3.18. The number of benzene rings is 1. The molecule has 2 aromatic rings. The minimum Gasteiger partial charge on any atom is -0.326 e. The molecule has 0 saturated carbocycles. The molecule has 0 radical (unpaired) electrons. The molecule has 1 saturated heterocycles. The van der Waals surface area contributed by atoms with Crippen LogP contribution in [0, 0.1) is 0 Å². The summed E-state index contributed by atoms with van der Waals surface area (Å²) in [5, 5.41) is 3.23. The van der Waals surface area contributed by atoms with E-state index in [1.54, 1.807) is 6.07 Å². The van der Waals surface area contributed by atoms with Gasteiger partial charge in [-0.25, -0.2) is 16.8 Å². The highest BCUT2D eigenvalue weighted by Gasteiger charge is 2.22. The SMILES string of the molecule is Cl.Cl.Cl.NCc1ccc(S(=O)(=O)c2ccc(S(=O)(=O)CCN3CCNCC3)cc2)s1. The predicted molar refractivity (Wildman–Crippen MR) is 127 cm³/mol. The Balaban J connectivity index is 0.00000280. The van der Waals surface area contributed by atoms with Crippen molar-refractivity contribution in [3.8, 4) is 0 Å². The van der Waals surface area contributed by atoms with E-state index in [0.29, 0.717) is 6.54 Å². The van der Waals surface area contributed by atoms with E-state index in [9.17, 15) is 16.8 Å². The van der Waals surface area contributed by atoms with Crippen LogP contribution >= 0.6 is 48.6 Å². The Morgan fingerprint density at radius 3 is 2.00 bits per heavy atom. The lowest BCUT2D eigenvalue weighted by molar-refractivity contribution is 0.254. The molecule has 1 aliphatic rings. The Kier molecular flexibility index (Phi) is 12.4. The molecule has 30 heavy (non-hydrogen) atoms. The Hall–Kier alpha value is -0.430. The second-order valence-electron chi connectivity index (χ2n) is 6.31. The largest absolute Gasteiger partial charge is 0.326 e. The third-order valence-corrected chi connectivity index (χ3v) is 9.56. The molecule has 172 valence electrons. The monoisotopic (exact) mass is 537 g/mol. The van der Waals surface area contributed by atoms with Crippen LogP contribution in [0.2, 0.25) is 0 Å². The summed E-state index contributed by atoms with van der Waals surface area (Å²) in [6.07, 6.45) is 0. The first-order valence-electron chi connectivity index (χ1n) is 8.63. The zero-order valence-corrected chi connectivity index (χ0v) is 20.9. The van der Waals surface area contributed by atoms with Crippen molar-refractivity contribution in [1.29, 1.82) is 0 Å². The van der Waals surface area contributed by atoms with E-state index < -0.39 is 19.7 Å². The number of nitrogens with two attached hydrogens (primary N) is 1. The highest BCUT2D eigenvalue weighted by Crippen LogP contribution is 2.28. The van der Waals surface area contributed by atoms with Crippen LogP contribution in [0.3, 0.4) is 0 Å². The normalized spacial score (nSPS) is 14.8. The van der Waals surface area contributed by atoms with Gasteiger partial charge in [0, 0.05) is 44.1 Å². The maximum absolute atomic E-state index is 12.7. The van der Waals surface area contributed by atoms with E-state index >= 15 is 0 Å². The van der Waals surface area contributed by atoms with Crippen LogP contribution in [0.5, 0.6) is 0 Å². The molecule has 0 amide bonds. The smallest absolute Gasteiger partial charge is 0.215 e. The van der Waals surface area contributed by atoms with E-state index in [-0.39, 0.29) is 63.5 Å². The summed E-state index contributed by atoms with van der Waals surface area (Å²) in [7, 11) is -7.12. The topological polar surface area (TPSA) is 110 Å². The molecule has 0 bridgehead atoms. The molecule has 7 nitrogen and oxygen atoms in total. The molecule has 0 atom stereocenters. The second-order valence-corrected chi connectivity index (χ2v) is 11.8. The number of nitrogens with zero attached hydrogens (tertiary/aromatic N) is 1. The fraction of sp³-hybridized carbons (Fsp3) is 0.412. The Morgan fingerprint density at radius 2 is 1.47 bits per heavy atom. The van der Waals surface area contributed by atoms with E-state index in [2.05, 4.69) is 10.2 Å². The summed E-state index contributed by atoms with van der Waals surface area (Å²) in [6, 6.07) is 8.67. The number of thiophene rings is 1. The molecule has 0 aliphatic carbocycles. The molecular formula is C17H26Cl3N3O4S3. The van der Waals surface area contributed by atoms with Gasteiger partial charge in [0.05, 0.1) is 15.5 Å². The van der Waals surface area contributed by atoms with Crippen molar-refractivity contribution >= 4 is 68.2 Å². The summed E-state index contributed by atoms with van der Waals surface area (Å²) in [5.41, 5.74) is 5.54. The fourth-order valence-electron chi connectivity index (χ4n) is 2.86. The van der Waals surface area contributed by atoms with Gasteiger partial charge in [-0.3, -0.25) is 4.90 Å². The standard InChI is InChI=1S/C17H23N3O4S3.3ClH/c18-13-14-1-6-17(25-14)27(23,24)16-4-2-15(3-5-16)26(21,22)12-11-20-9-7-19-8-10-20;;;/h1-6,19H,7-13,18H2;3*1H. The van der Waals surface area contributed by atoms with E-state index in [1.165, 1.54) is 30.3 Å². The maximum Gasteiger partial charge on any atom is 0.215 e. The molecule has 1 aromatic heterocycles. The highest BCUT2D eigenvalue weighted by molar-refractivity contribution is 7.93. The van der Waals surface area contributed by atoms with Gasteiger partial charge in [-0.2, -0.15) is 0 Å². The molecule has 1 aromatic carbocycles. The molecule has 2 heterocycles. The van der Waals surface area contributed by atoms with Crippen molar-refractivity contribution in [1.82, 2.24) is 10.2 Å². The quantitative estimate of drug-likeness (QED) is 0.555. The van der Waals surface area contributed by atoms with Gasteiger partial charge < -0.3 is 11.1 Å². The van der Waals surface area contributed by atoms with Crippen LogP contribution in [0.25, 0.3) is 0 Å². The summed E-state index contributed by atoms with van der Waals surface area (Å²) in [4.78, 5) is 3.11. The summed E-state index contributed by atoms with van der Waals surface area (Å²) < 4.78 is 50.6. The van der Waals surface area contributed by atoms with Crippen LogP contribution in [0.15, 0.2) is 50.4 Å². The third-order valence-electron chi connectivity index (χ3n) is 4.48. The molecule has 0 spiro atoms. The first-order chi connectivity index (χ1) is 12.8. The van der Waals surface area contributed by atoms with Gasteiger partial charge in [0.2, 0.25) is 9.84 Å². The Bertz CT molecular complexity index is 991. The van der Waals surface area contributed by atoms with Crippen LogP contribution in [0.4, 0.5) is 0 Å². The first kappa shape index (κ1) is 29.6. The van der Waals surface area contributed by atoms with Gasteiger partial charge in [-0.1, -0.05) is 0 Å². The minimum absolute atomic E-state index is 0. The van der Waals surface area contributed by atoms with Crippen molar-refractivity contribution < 1.29 is 16.8 Å². The van der Waals surface area contributed by atoms with Gasteiger partial charge in [0.1, 0.15) is 4.21 Å². The molecule has 1 aliphatic heterocycles. The fourth-order valence-corrected chi connectivity index (χ4v) is 6.78. The zero-order valence-electron chi connectivity index (χ0n) is 16.0. The van der Waals surface area contributed by atoms with Crippen molar-refractivity contribution in [3.05, 3.63) is 41.3 Å². The number of sulfone groups is 2. The van der Waals surface area contributed by atoms with Gasteiger partial charge in [0.15, 0.2) is 9.84 Å². The molecule has 0 unspecified atom stereocenters. The number of hydrogen-bond acceptors (Lipinski definition) is 8. The predicted octanol–water partition coefficient (Wildman–Crippen LogP) is 1.98. The van der Waals surface area contributed by atoms with Crippen LogP contribution < -0.4 is 11.1 Å². The lowest BCUT2D eigenvalue weighted by Crippen LogP contribution is -2.45. The van der Waals surface area contributed by atoms with Crippen molar-refractivity contribution in [2.24, 2.45) is 5.73 Å². The highest BCUT2D eigenvalue weighted by atomic mass is 35.5.